The van der Waals surface area contributed by atoms with Gasteiger partial charge in [0.2, 0.25) is 11.8 Å². The molecule has 1 saturated carbocycles. The SMILES string of the molecule is O=C1C2CC=C3C(CC4(Cl)C(=O)N(c5ccc(F)cc5)C(=O)C4(Cl)C3C3=COc4ccc(O)cc4C3)C2C(=O)N1c1ccc(Cl)cc1. The molecule has 47 heavy (non-hydrogen) atoms. The number of hydrogen-bond donors (Lipinski definition) is 1. The van der Waals surface area contributed by atoms with Crippen LogP contribution >= 0.6 is 34.8 Å². The number of fused-ring (bicyclic) bond motifs is 5. The lowest BCUT2D eigenvalue weighted by atomic mass is 9.56. The minimum atomic E-state index is -2.08. The summed E-state index contributed by atoms with van der Waals surface area (Å²) in [5.41, 5.74) is 2.19. The first-order valence-corrected chi connectivity index (χ1v) is 16.1. The molecule has 5 aliphatic rings. The van der Waals surface area contributed by atoms with Crippen LogP contribution in [0, 0.1) is 29.5 Å². The molecule has 4 amide bonds. The molecule has 12 heteroatoms. The molecule has 8 rings (SSSR count). The van der Waals surface area contributed by atoms with Crippen molar-refractivity contribution < 1.29 is 33.4 Å². The molecule has 2 saturated heterocycles. The van der Waals surface area contributed by atoms with Crippen LogP contribution in [0.15, 0.2) is 90.2 Å². The van der Waals surface area contributed by atoms with Crippen LogP contribution in [0.1, 0.15) is 18.4 Å². The van der Waals surface area contributed by atoms with E-state index in [-0.39, 0.29) is 36.6 Å². The lowest BCUT2D eigenvalue weighted by Crippen LogP contribution is -2.61. The second-order valence-electron chi connectivity index (χ2n) is 12.5. The Morgan fingerprint density at radius 2 is 1.53 bits per heavy atom. The van der Waals surface area contributed by atoms with E-state index in [9.17, 15) is 28.7 Å². The zero-order valence-electron chi connectivity index (χ0n) is 24.3. The minimum absolute atomic E-state index is 0.00841. The highest BCUT2D eigenvalue weighted by Gasteiger charge is 2.77. The van der Waals surface area contributed by atoms with Gasteiger partial charge in [0.05, 0.1) is 29.5 Å². The Labute approximate surface area is 282 Å². The summed E-state index contributed by atoms with van der Waals surface area (Å²) in [5.74, 6) is -5.89. The lowest BCUT2D eigenvalue weighted by molar-refractivity contribution is -0.125. The number of alkyl halides is 2. The second-order valence-corrected chi connectivity index (χ2v) is 14.2. The summed E-state index contributed by atoms with van der Waals surface area (Å²) >= 11 is 20.9. The van der Waals surface area contributed by atoms with Gasteiger partial charge in [0.25, 0.3) is 11.8 Å². The average Bonchev–Trinajstić information content (AvgIpc) is 3.39. The van der Waals surface area contributed by atoms with E-state index in [1.165, 1.54) is 24.5 Å². The Morgan fingerprint density at radius 1 is 0.851 bits per heavy atom. The number of benzene rings is 3. The van der Waals surface area contributed by atoms with Crippen LogP contribution in [0.2, 0.25) is 5.02 Å². The van der Waals surface area contributed by atoms with Crippen LogP contribution in [-0.4, -0.2) is 38.5 Å². The highest BCUT2D eigenvalue weighted by Crippen LogP contribution is 2.65. The highest BCUT2D eigenvalue weighted by molar-refractivity contribution is 6.58. The predicted octanol–water partition coefficient (Wildman–Crippen LogP) is 6.30. The van der Waals surface area contributed by atoms with E-state index in [4.69, 9.17) is 39.5 Å². The molecule has 3 heterocycles. The van der Waals surface area contributed by atoms with Gasteiger partial charge in [0, 0.05) is 22.9 Å². The molecule has 3 aromatic carbocycles. The van der Waals surface area contributed by atoms with E-state index < -0.39 is 57.0 Å². The molecule has 1 N–H and O–H groups in total. The summed E-state index contributed by atoms with van der Waals surface area (Å²) in [5, 5.41) is 10.7. The van der Waals surface area contributed by atoms with Gasteiger partial charge in [-0.05, 0) is 91.1 Å². The van der Waals surface area contributed by atoms with E-state index in [0.29, 0.717) is 33.2 Å². The summed E-state index contributed by atoms with van der Waals surface area (Å²) < 4.78 is 19.8. The number of nitrogens with zero attached hydrogens (tertiary/aromatic N) is 2. The minimum Gasteiger partial charge on any atom is -0.508 e. The first-order chi connectivity index (χ1) is 22.4. The molecule has 3 aromatic rings. The molecule has 0 radical (unpaired) electrons. The molecular formula is C35H24Cl3FN2O6. The van der Waals surface area contributed by atoms with Crippen LogP contribution in [0.3, 0.4) is 0 Å². The molecule has 0 bridgehead atoms. The van der Waals surface area contributed by atoms with Crippen molar-refractivity contribution in [3.63, 3.8) is 0 Å². The van der Waals surface area contributed by atoms with Gasteiger partial charge in [0.1, 0.15) is 17.3 Å². The van der Waals surface area contributed by atoms with Crippen molar-refractivity contribution in [2.24, 2.45) is 23.7 Å². The zero-order chi connectivity index (χ0) is 33.0. The third-order valence-electron chi connectivity index (χ3n) is 10.1. The number of carbonyl (C=O) groups excluding carboxylic acids is 4. The maximum Gasteiger partial charge on any atom is 0.258 e. The molecule has 6 unspecified atom stereocenters. The largest absolute Gasteiger partial charge is 0.508 e. The molecular weight excluding hydrogens is 670 g/mol. The van der Waals surface area contributed by atoms with E-state index in [2.05, 4.69) is 0 Å². The summed E-state index contributed by atoms with van der Waals surface area (Å²) in [6, 6.07) is 15.9. The molecule has 2 aliphatic carbocycles. The summed E-state index contributed by atoms with van der Waals surface area (Å²) in [6.45, 7) is 0. The number of carbonyl (C=O) groups is 4. The maximum atomic E-state index is 14.5. The molecule has 0 spiro atoms. The van der Waals surface area contributed by atoms with Crippen LogP contribution < -0.4 is 14.5 Å². The highest BCUT2D eigenvalue weighted by atomic mass is 35.5. The van der Waals surface area contributed by atoms with E-state index in [0.717, 1.165) is 21.9 Å². The number of ether oxygens (including phenoxy) is 1. The molecule has 0 aromatic heterocycles. The van der Waals surface area contributed by atoms with Crippen LogP contribution in [0.4, 0.5) is 15.8 Å². The van der Waals surface area contributed by atoms with Gasteiger partial charge >= 0.3 is 0 Å². The van der Waals surface area contributed by atoms with Crippen LogP contribution in [0.25, 0.3) is 0 Å². The van der Waals surface area contributed by atoms with Crippen molar-refractivity contribution in [2.45, 2.75) is 29.0 Å². The number of allylic oxidation sites excluding steroid dienone is 3. The Kier molecular flexibility index (Phi) is 6.68. The van der Waals surface area contributed by atoms with Crippen LogP contribution in [0.5, 0.6) is 11.5 Å². The molecule has 3 aliphatic heterocycles. The third kappa shape index (κ3) is 4.12. The fraction of sp³-hybridized carbons (Fsp3) is 0.257. The van der Waals surface area contributed by atoms with Gasteiger partial charge in [-0.2, -0.15) is 0 Å². The van der Waals surface area contributed by atoms with Gasteiger partial charge < -0.3 is 9.84 Å². The first-order valence-electron chi connectivity index (χ1n) is 15.0. The van der Waals surface area contributed by atoms with E-state index >= 15 is 0 Å². The number of phenols is 1. The van der Waals surface area contributed by atoms with Gasteiger partial charge in [0.15, 0.2) is 9.75 Å². The molecule has 8 nitrogen and oxygen atoms in total. The Bertz CT molecular complexity index is 1980. The Hall–Kier alpha value is -4.18. The maximum absolute atomic E-state index is 14.5. The number of aromatic hydroxyl groups is 1. The number of hydrogen-bond acceptors (Lipinski definition) is 6. The Morgan fingerprint density at radius 3 is 2.26 bits per heavy atom. The van der Waals surface area contributed by atoms with Gasteiger partial charge in [-0.1, -0.05) is 23.3 Å². The number of amides is 4. The predicted molar refractivity (Wildman–Crippen MR) is 172 cm³/mol. The molecule has 6 atom stereocenters. The first kappa shape index (κ1) is 30.2. The smallest absolute Gasteiger partial charge is 0.258 e. The quantitative estimate of drug-likeness (QED) is 0.196. The van der Waals surface area contributed by atoms with Gasteiger partial charge in [-0.25, -0.2) is 9.29 Å². The second kappa shape index (κ2) is 10.4. The van der Waals surface area contributed by atoms with Crippen molar-refractivity contribution in [3.05, 3.63) is 107 Å². The fourth-order valence-corrected chi connectivity index (χ4v) is 9.13. The Balaban J connectivity index is 1.28. The lowest BCUT2D eigenvalue weighted by Gasteiger charge is -2.51. The van der Waals surface area contributed by atoms with Crippen molar-refractivity contribution in [1.82, 2.24) is 0 Å². The normalized spacial score (nSPS) is 31.1. The third-order valence-corrected chi connectivity index (χ3v) is 11.8. The van der Waals surface area contributed by atoms with Crippen molar-refractivity contribution >= 4 is 69.8 Å². The van der Waals surface area contributed by atoms with Crippen molar-refractivity contribution in [3.8, 4) is 11.5 Å². The van der Waals surface area contributed by atoms with E-state index in [1.807, 2.05) is 6.08 Å². The number of halogens is 4. The number of rotatable bonds is 3. The number of imide groups is 2. The number of anilines is 2. The zero-order valence-corrected chi connectivity index (χ0v) is 26.6. The topological polar surface area (TPSA) is 104 Å². The fourth-order valence-electron chi connectivity index (χ4n) is 8.05. The van der Waals surface area contributed by atoms with Crippen molar-refractivity contribution in [2.75, 3.05) is 9.80 Å². The average molecular weight is 694 g/mol. The monoisotopic (exact) mass is 692 g/mol. The summed E-state index contributed by atoms with van der Waals surface area (Å²) in [4.78, 5) is 54.8. The van der Waals surface area contributed by atoms with Crippen LogP contribution in [-0.2, 0) is 25.6 Å². The summed E-state index contributed by atoms with van der Waals surface area (Å²) in [6.07, 6.45) is 3.49. The van der Waals surface area contributed by atoms with Crippen molar-refractivity contribution in [1.29, 1.82) is 0 Å². The standard InChI is InChI=1S/C35H24Cl3FN2O6/c36-19-1-5-21(6-2-19)40-30(43)25-11-10-24-26(28(25)31(40)44)15-34(37)32(45)41(22-7-3-20(39)4-8-22)33(46)35(34,38)29(24)18-13-17-14-23(42)9-12-27(17)47-16-18/h1-10,12,14,16,25-26,28-29,42H,11,13,15H2. The van der Waals surface area contributed by atoms with Gasteiger partial charge in [-0.15, -0.1) is 23.2 Å². The van der Waals surface area contributed by atoms with Gasteiger partial charge in [-0.3, -0.25) is 24.1 Å². The molecule has 238 valence electrons. The molecule has 3 fully saturated rings. The van der Waals surface area contributed by atoms with E-state index in [1.54, 1.807) is 36.4 Å². The number of phenolic OH excluding ortho intramolecular Hbond substituents is 1. The summed E-state index contributed by atoms with van der Waals surface area (Å²) in [7, 11) is 0.